The Morgan fingerprint density at radius 3 is 0.753 bits per heavy atom. The zero-order chi connectivity index (χ0) is 55.7. The van der Waals surface area contributed by atoms with E-state index >= 15 is 0 Å². The van der Waals surface area contributed by atoms with Gasteiger partial charge in [0.15, 0.2) is 6.10 Å². The van der Waals surface area contributed by atoms with Crippen LogP contribution in [-0.4, -0.2) is 37.2 Å². The summed E-state index contributed by atoms with van der Waals surface area (Å²) in [6.45, 7) is 6.66. The summed E-state index contributed by atoms with van der Waals surface area (Å²) in [7, 11) is 0. The number of unbranched alkanes of at least 4 members (excludes halogenated alkanes) is 47. The zero-order valence-corrected chi connectivity index (χ0v) is 52.0. The first-order valence-corrected chi connectivity index (χ1v) is 34.5. The lowest BCUT2D eigenvalue weighted by Crippen LogP contribution is -2.30. The molecule has 0 N–H and O–H groups in total. The molecule has 0 aliphatic heterocycles. The van der Waals surface area contributed by atoms with E-state index in [0.29, 0.717) is 19.3 Å². The van der Waals surface area contributed by atoms with E-state index in [1.54, 1.807) is 0 Å². The van der Waals surface area contributed by atoms with Gasteiger partial charge < -0.3 is 14.2 Å². The molecule has 6 heteroatoms. The van der Waals surface area contributed by atoms with Gasteiger partial charge in [0, 0.05) is 19.3 Å². The van der Waals surface area contributed by atoms with Gasteiger partial charge in [0.1, 0.15) is 13.2 Å². The van der Waals surface area contributed by atoms with Crippen molar-refractivity contribution in [1.82, 2.24) is 0 Å². The molecule has 6 nitrogen and oxygen atoms in total. The van der Waals surface area contributed by atoms with Crippen LogP contribution in [0, 0.1) is 0 Å². The third-order valence-electron chi connectivity index (χ3n) is 15.6. The Labute approximate surface area is 480 Å². The van der Waals surface area contributed by atoms with E-state index in [1.165, 1.54) is 263 Å². The number of esters is 3. The Hall–Kier alpha value is -2.37. The average molecular weight is 1080 g/mol. The maximum Gasteiger partial charge on any atom is 0.306 e. The summed E-state index contributed by atoms with van der Waals surface area (Å²) in [5.41, 5.74) is 0. The molecule has 1 atom stereocenters. The minimum Gasteiger partial charge on any atom is -0.462 e. The number of carbonyl (C=O) groups excluding carboxylic acids is 3. The number of hydrogen-bond acceptors (Lipinski definition) is 6. The molecular weight excluding hydrogens is 949 g/mol. The molecule has 0 fully saturated rings. The second kappa shape index (κ2) is 66.1. The van der Waals surface area contributed by atoms with Gasteiger partial charge in [-0.25, -0.2) is 0 Å². The van der Waals surface area contributed by atoms with Crippen LogP contribution in [0.15, 0.2) is 36.5 Å². The van der Waals surface area contributed by atoms with Crippen molar-refractivity contribution in [3.63, 3.8) is 0 Å². The Balaban J connectivity index is 4.20. The van der Waals surface area contributed by atoms with Crippen LogP contribution in [0.4, 0.5) is 0 Å². The molecule has 0 aliphatic carbocycles. The maximum atomic E-state index is 12.9. The van der Waals surface area contributed by atoms with Crippen molar-refractivity contribution < 1.29 is 28.6 Å². The molecule has 0 amide bonds. The van der Waals surface area contributed by atoms with Crippen LogP contribution in [0.3, 0.4) is 0 Å². The van der Waals surface area contributed by atoms with Crippen LogP contribution in [0.5, 0.6) is 0 Å². The van der Waals surface area contributed by atoms with Gasteiger partial charge in [0.2, 0.25) is 0 Å². The summed E-state index contributed by atoms with van der Waals surface area (Å²) >= 11 is 0. The van der Waals surface area contributed by atoms with Gasteiger partial charge in [-0.3, -0.25) is 14.4 Å². The molecule has 1 unspecified atom stereocenters. The fraction of sp³-hybridized carbons (Fsp3) is 0.873. The van der Waals surface area contributed by atoms with Crippen molar-refractivity contribution in [2.75, 3.05) is 13.2 Å². The molecule has 77 heavy (non-hydrogen) atoms. The predicted molar refractivity (Wildman–Crippen MR) is 335 cm³/mol. The van der Waals surface area contributed by atoms with E-state index in [0.717, 1.165) is 77.0 Å². The average Bonchev–Trinajstić information content (AvgIpc) is 3.43. The van der Waals surface area contributed by atoms with Crippen molar-refractivity contribution in [2.24, 2.45) is 0 Å². The molecule has 0 saturated carbocycles. The predicted octanol–water partition coefficient (Wildman–Crippen LogP) is 23.6. The summed E-state index contributed by atoms with van der Waals surface area (Å²) in [6.07, 6.45) is 81.7. The van der Waals surface area contributed by atoms with Crippen molar-refractivity contribution in [1.29, 1.82) is 0 Å². The van der Waals surface area contributed by atoms with E-state index in [-0.39, 0.29) is 31.1 Å². The lowest BCUT2D eigenvalue weighted by Gasteiger charge is -2.18. The summed E-state index contributed by atoms with van der Waals surface area (Å²) in [5, 5.41) is 0. The maximum absolute atomic E-state index is 12.9. The number of rotatable bonds is 64. The van der Waals surface area contributed by atoms with Gasteiger partial charge in [-0.05, 0) is 77.0 Å². The SMILES string of the molecule is CCCCC/C=C\C/C=C\CCCCCCCCCC(=O)OC(COC(=O)CCCCCCC/C=C\CCCCCCC)COC(=O)CCCCCCCCCCCCCCCCCCCCCCCCCCCCCC. The van der Waals surface area contributed by atoms with Crippen LogP contribution in [0.2, 0.25) is 0 Å². The summed E-state index contributed by atoms with van der Waals surface area (Å²) in [5.74, 6) is -0.866. The smallest absolute Gasteiger partial charge is 0.306 e. The Morgan fingerprint density at radius 1 is 0.260 bits per heavy atom. The molecule has 452 valence electrons. The molecule has 0 aromatic carbocycles. The van der Waals surface area contributed by atoms with Crippen LogP contribution in [0.25, 0.3) is 0 Å². The molecular formula is C71H132O6. The fourth-order valence-corrected chi connectivity index (χ4v) is 10.4. The minimum absolute atomic E-state index is 0.0738. The quantitative estimate of drug-likeness (QED) is 0.0261. The summed E-state index contributed by atoms with van der Waals surface area (Å²) in [6, 6.07) is 0. The van der Waals surface area contributed by atoms with Crippen LogP contribution >= 0.6 is 0 Å². The topological polar surface area (TPSA) is 78.9 Å². The lowest BCUT2D eigenvalue weighted by atomic mass is 10.0. The zero-order valence-electron chi connectivity index (χ0n) is 52.0. The Bertz CT molecular complexity index is 1290. The summed E-state index contributed by atoms with van der Waals surface area (Å²) in [4.78, 5) is 38.3. The molecule has 0 bridgehead atoms. The second-order valence-electron chi connectivity index (χ2n) is 23.4. The molecule has 0 aromatic rings. The monoisotopic (exact) mass is 1080 g/mol. The van der Waals surface area contributed by atoms with Gasteiger partial charge in [0.05, 0.1) is 0 Å². The van der Waals surface area contributed by atoms with Crippen molar-refractivity contribution in [2.45, 2.75) is 386 Å². The molecule has 0 aromatic heterocycles. The van der Waals surface area contributed by atoms with Gasteiger partial charge in [-0.2, -0.15) is 0 Å². The number of ether oxygens (including phenoxy) is 3. The fourth-order valence-electron chi connectivity index (χ4n) is 10.4. The van der Waals surface area contributed by atoms with E-state index < -0.39 is 6.10 Å². The largest absolute Gasteiger partial charge is 0.462 e. The highest BCUT2D eigenvalue weighted by molar-refractivity contribution is 5.71. The van der Waals surface area contributed by atoms with Gasteiger partial charge in [-0.1, -0.05) is 320 Å². The third-order valence-corrected chi connectivity index (χ3v) is 15.6. The van der Waals surface area contributed by atoms with Crippen molar-refractivity contribution in [3.05, 3.63) is 36.5 Å². The van der Waals surface area contributed by atoms with Crippen molar-refractivity contribution >= 4 is 17.9 Å². The van der Waals surface area contributed by atoms with E-state index in [9.17, 15) is 14.4 Å². The van der Waals surface area contributed by atoms with Crippen LogP contribution in [-0.2, 0) is 28.6 Å². The molecule has 0 spiro atoms. The normalized spacial score (nSPS) is 12.2. The van der Waals surface area contributed by atoms with Gasteiger partial charge in [0.25, 0.3) is 0 Å². The highest BCUT2D eigenvalue weighted by Crippen LogP contribution is 2.18. The first-order valence-electron chi connectivity index (χ1n) is 34.5. The third kappa shape index (κ3) is 64.3. The van der Waals surface area contributed by atoms with Gasteiger partial charge in [-0.15, -0.1) is 0 Å². The van der Waals surface area contributed by atoms with Crippen LogP contribution in [0.1, 0.15) is 380 Å². The minimum atomic E-state index is -0.778. The van der Waals surface area contributed by atoms with E-state index in [1.807, 2.05) is 0 Å². The standard InChI is InChI=1S/C71H132O6/c1-4-7-10-13-16-19-22-25-28-30-31-32-33-34-35-36-37-38-39-40-42-43-46-49-52-55-58-61-64-70(73)76-67-68(66-75-69(72)63-60-57-54-51-48-45-27-24-21-18-15-12-9-6-3)77-71(74)65-62-59-56-53-50-47-44-41-29-26-23-20-17-14-11-8-5-2/h17,20,24,26-27,29,68H,4-16,18-19,21-23,25,28,30-67H2,1-3H3/b20-17-,27-24-,29-26-. The second-order valence-corrected chi connectivity index (χ2v) is 23.4. The number of allylic oxidation sites excluding steroid dienone is 6. The van der Waals surface area contributed by atoms with E-state index in [4.69, 9.17) is 14.2 Å². The summed E-state index contributed by atoms with van der Waals surface area (Å²) < 4.78 is 17.0. The first-order chi connectivity index (χ1) is 38.0. The Kier molecular flexibility index (Phi) is 64.1. The number of hydrogen-bond donors (Lipinski definition) is 0. The molecule has 0 radical (unpaired) electrons. The lowest BCUT2D eigenvalue weighted by molar-refractivity contribution is -0.167. The molecule has 0 heterocycles. The first kappa shape index (κ1) is 74.6. The van der Waals surface area contributed by atoms with Crippen molar-refractivity contribution in [3.8, 4) is 0 Å². The number of carbonyl (C=O) groups is 3. The highest BCUT2D eigenvalue weighted by Gasteiger charge is 2.19. The molecule has 0 aliphatic rings. The molecule has 0 rings (SSSR count). The van der Waals surface area contributed by atoms with Crippen LogP contribution < -0.4 is 0 Å². The van der Waals surface area contributed by atoms with E-state index in [2.05, 4.69) is 57.2 Å². The molecule has 0 saturated heterocycles. The Morgan fingerprint density at radius 2 is 0.468 bits per heavy atom. The van der Waals surface area contributed by atoms with Gasteiger partial charge >= 0.3 is 17.9 Å². The highest BCUT2D eigenvalue weighted by atomic mass is 16.6.